The fourth-order valence-corrected chi connectivity index (χ4v) is 4.54. The summed E-state index contributed by atoms with van der Waals surface area (Å²) in [5, 5.41) is 4.27. The number of para-hydroxylation sites is 1. The molecule has 34 heavy (non-hydrogen) atoms. The number of halogens is 2. The van der Waals surface area contributed by atoms with Crippen LogP contribution in [0.2, 0.25) is 5.02 Å². The van der Waals surface area contributed by atoms with Gasteiger partial charge in [0.15, 0.2) is 0 Å². The van der Waals surface area contributed by atoms with Crippen molar-refractivity contribution in [3.63, 3.8) is 0 Å². The van der Waals surface area contributed by atoms with Crippen LogP contribution in [0.4, 0.5) is 4.39 Å². The molecule has 0 bridgehead atoms. The van der Waals surface area contributed by atoms with Gasteiger partial charge < -0.3 is 4.74 Å². The van der Waals surface area contributed by atoms with Gasteiger partial charge in [0.2, 0.25) is 10.0 Å². The molecule has 3 aromatic rings. The lowest BCUT2D eigenvalue weighted by Crippen LogP contribution is -2.39. The van der Waals surface area contributed by atoms with Gasteiger partial charge in [0.05, 0.1) is 24.3 Å². The summed E-state index contributed by atoms with van der Waals surface area (Å²) >= 11 is 5.87. The number of carbonyl (C=O) groups excluding carboxylic acids is 1. The van der Waals surface area contributed by atoms with Gasteiger partial charge in [-0.3, -0.25) is 4.79 Å². The highest BCUT2D eigenvalue weighted by molar-refractivity contribution is 7.89. The van der Waals surface area contributed by atoms with Gasteiger partial charge in [-0.15, -0.1) is 0 Å². The summed E-state index contributed by atoms with van der Waals surface area (Å²) in [5.74, 6) is -0.682. The molecule has 178 valence electrons. The van der Waals surface area contributed by atoms with Crippen LogP contribution < -0.4 is 10.2 Å². The van der Waals surface area contributed by atoms with E-state index in [0.717, 1.165) is 4.31 Å². The van der Waals surface area contributed by atoms with Gasteiger partial charge in [-0.1, -0.05) is 41.9 Å². The van der Waals surface area contributed by atoms with Gasteiger partial charge >= 0.3 is 0 Å². The lowest BCUT2D eigenvalue weighted by Gasteiger charge is -2.21. The molecule has 0 aliphatic heterocycles. The van der Waals surface area contributed by atoms with E-state index in [1.54, 1.807) is 24.3 Å². The van der Waals surface area contributed by atoms with Gasteiger partial charge in [0.25, 0.3) is 5.91 Å². The van der Waals surface area contributed by atoms with Crippen molar-refractivity contribution in [3.8, 4) is 5.75 Å². The van der Waals surface area contributed by atoms with Crippen molar-refractivity contribution in [1.82, 2.24) is 9.73 Å². The Kier molecular flexibility index (Phi) is 8.75. The van der Waals surface area contributed by atoms with Crippen molar-refractivity contribution in [1.29, 1.82) is 0 Å². The second-order valence-electron chi connectivity index (χ2n) is 7.08. The quantitative estimate of drug-likeness (QED) is 0.331. The molecule has 3 aromatic carbocycles. The minimum absolute atomic E-state index is 0.0739. The average molecular weight is 504 g/mol. The molecule has 3 rings (SSSR count). The van der Waals surface area contributed by atoms with Gasteiger partial charge in [-0.25, -0.2) is 18.2 Å². The summed E-state index contributed by atoms with van der Waals surface area (Å²) in [7, 11) is -4.14. The van der Waals surface area contributed by atoms with Gasteiger partial charge in [0.1, 0.15) is 11.6 Å². The molecule has 10 heteroatoms. The molecule has 0 aliphatic carbocycles. The maximum absolute atomic E-state index is 14.2. The van der Waals surface area contributed by atoms with E-state index in [-0.39, 0.29) is 17.0 Å². The molecule has 0 aromatic heterocycles. The molecule has 0 fully saturated rings. The van der Waals surface area contributed by atoms with Gasteiger partial charge in [-0.2, -0.15) is 9.41 Å². The van der Waals surface area contributed by atoms with Crippen LogP contribution in [-0.2, 0) is 21.4 Å². The predicted octanol–water partition coefficient (Wildman–Crippen LogP) is 4.22. The Balaban J connectivity index is 1.80. The summed E-state index contributed by atoms with van der Waals surface area (Å²) < 4.78 is 47.1. The number of ether oxygens (including phenoxy) is 1. The van der Waals surface area contributed by atoms with E-state index in [9.17, 15) is 17.6 Å². The van der Waals surface area contributed by atoms with Crippen molar-refractivity contribution in [2.24, 2.45) is 5.10 Å². The summed E-state index contributed by atoms with van der Waals surface area (Å²) in [6.45, 7) is 1.39. The first-order valence-electron chi connectivity index (χ1n) is 10.3. The normalized spacial score (nSPS) is 11.6. The zero-order valence-electron chi connectivity index (χ0n) is 18.3. The van der Waals surface area contributed by atoms with Crippen LogP contribution in [0.25, 0.3) is 0 Å². The third kappa shape index (κ3) is 6.63. The van der Waals surface area contributed by atoms with Gasteiger partial charge in [0, 0.05) is 22.7 Å². The lowest BCUT2D eigenvalue weighted by atomic mass is 10.2. The number of hydrogen-bond donors (Lipinski definition) is 1. The van der Waals surface area contributed by atoms with E-state index in [2.05, 4.69) is 10.5 Å². The molecule has 0 atom stereocenters. The van der Waals surface area contributed by atoms with Crippen molar-refractivity contribution in [3.05, 3.63) is 94.8 Å². The lowest BCUT2D eigenvalue weighted by molar-refractivity contribution is -0.121. The number of hydrazone groups is 1. The number of hydrogen-bond acceptors (Lipinski definition) is 5. The second kappa shape index (κ2) is 11.7. The number of carbonyl (C=O) groups is 1. The van der Waals surface area contributed by atoms with Crippen LogP contribution in [0.15, 0.2) is 82.8 Å². The summed E-state index contributed by atoms with van der Waals surface area (Å²) in [6, 6.07) is 18.4. The van der Waals surface area contributed by atoms with E-state index in [0.29, 0.717) is 22.9 Å². The highest BCUT2D eigenvalue weighted by atomic mass is 35.5. The van der Waals surface area contributed by atoms with Crippen LogP contribution in [0.3, 0.4) is 0 Å². The minimum Gasteiger partial charge on any atom is -0.493 e. The van der Waals surface area contributed by atoms with Crippen LogP contribution in [-0.4, -0.2) is 38.0 Å². The number of nitrogens with one attached hydrogen (secondary N) is 1. The first-order chi connectivity index (χ1) is 16.3. The summed E-state index contributed by atoms with van der Waals surface area (Å²) in [4.78, 5) is 12.5. The molecular weight excluding hydrogens is 481 g/mol. The van der Waals surface area contributed by atoms with Crippen molar-refractivity contribution in [2.45, 2.75) is 18.4 Å². The summed E-state index contributed by atoms with van der Waals surface area (Å²) in [6.07, 6.45) is 1.40. The smallest absolute Gasteiger partial charge is 0.255 e. The van der Waals surface area contributed by atoms with Gasteiger partial charge in [-0.05, 0) is 49.4 Å². The van der Waals surface area contributed by atoms with Crippen LogP contribution >= 0.6 is 11.6 Å². The Hall–Kier alpha value is -3.27. The van der Waals surface area contributed by atoms with Crippen LogP contribution in [0.1, 0.15) is 18.1 Å². The highest BCUT2D eigenvalue weighted by Gasteiger charge is 2.27. The van der Waals surface area contributed by atoms with Crippen molar-refractivity contribution < 1.29 is 22.3 Å². The SMILES string of the molecule is CCOc1ccccc1/C=N\NC(=O)CN(Cc1ccccc1F)S(=O)(=O)c1ccc(Cl)cc1. The summed E-state index contributed by atoms with van der Waals surface area (Å²) in [5.41, 5.74) is 3.09. The van der Waals surface area contributed by atoms with E-state index in [4.69, 9.17) is 16.3 Å². The predicted molar refractivity (Wildman–Crippen MR) is 129 cm³/mol. The van der Waals surface area contributed by atoms with E-state index in [1.165, 1.54) is 48.7 Å². The zero-order valence-corrected chi connectivity index (χ0v) is 19.9. The molecule has 7 nitrogen and oxygen atoms in total. The number of sulfonamides is 1. The number of nitrogens with zero attached hydrogens (tertiary/aromatic N) is 2. The Morgan fingerprint density at radius 3 is 2.47 bits per heavy atom. The number of amides is 1. The van der Waals surface area contributed by atoms with E-state index < -0.39 is 28.3 Å². The molecule has 1 N–H and O–H groups in total. The first kappa shape index (κ1) is 25.4. The largest absolute Gasteiger partial charge is 0.493 e. The van der Waals surface area contributed by atoms with Crippen molar-refractivity contribution in [2.75, 3.05) is 13.2 Å². The molecule has 0 aliphatic rings. The molecule has 1 amide bonds. The fraction of sp³-hybridized carbons (Fsp3) is 0.167. The molecular formula is C24H23ClFN3O4S. The standard InChI is InChI=1S/C24H23ClFN3O4S/c1-2-33-23-10-6-4-7-18(23)15-27-28-24(30)17-29(16-19-8-3-5-9-22(19)26)34(31,32)21-13-11-20(25)12-14-21/h3-15H,2,16-17H2,1H3,(H,28,30)/b27-15-. The molecule has 0 saturated carbocycles. The minimum atomic E-state index is -4.14. The molecule has 0 saturated heterocycles. The Labute approximate surface area is 202 Å². The highest BCUT2D eigenvalue weighted by Crippen LogP contribution is 2.21. The first-order valence-corrected chi connectivity index (χ1v) is 12.2. The fourth-order valence-electron chi connectivity index (χ4n) is 3.04. The zero-order chi connectivity index (χ0) is 24.6. The molecule has 0 unspecified atom stereocenters. The molecule has 0 heterocycles. The number of benzene rings is 3. The molecule has 0 radical (unpaired) electrons. The Morgan fingerprint density at radius 2 is 1.76 bits per heavy atom. The van der Waals surface area contributed by atoms with E-state index in [1.807, 2.05) is 13.0 Å². The maximum atomic E-state index is 14.2. The third-order valence-electron chi connectivity index (χ3n) is 4.69. The monoisotopic (exact) mass is 503 g/mol. The maximum Gasteiger partial charge on any atom is 0.255 e. The third-order valence-corrected chi connectivity index (χ3v) is 6.75. The van der Waals surface area contributed by atoms with Crippen LogP contribution in [0, 0.1) is 5.82 Å². The average Bonchev–Trinajstić information content (AvgIpc) is 2.81. The van der Waals surface area contributed by atoms with E-state index >= 15 is 0 Å². The topological polar surface area (TPSA) is 88.1 Å². The Bertz CT molecular complexity index is 1270. The second-order valence-corrected chi connectivity index (χ2v) is 9.46. The number of rotatable bonds is 10. The van der Waals surface area contributed by atoms with Crippen LogP contribution in [0.5, 0.6) is 5.75 Å². The molecule has 0 spiro atoms. The van der Waals surface area contributed by atoms with Crippen molar-refractivity contribution >= 4 is 33.7 Å². The Morgan fingerprint density at radius 1 is 1.09 bits per heavy atom.